The molecule has 262 valence electrons. The van der Waals surface area contributed by atoms with Crippen molar-refractivity contribution >= 4 is 51.3 Å². The van der Waals surface area contributed by atoms with Gasteiger partial charge in [0.25, 0.3) is 0 Å². The standard InChI is InChI=1S/C37H86Si7/c1-30(2,3)40(25,31(4,5)6)29-38-39(41(26,32(7,8)9)33(10,11)12)44(38,42(27,34(13,14)15)35(16,17)18)43(28,36(19,20)21)37(22,23)24/h29H2,1-28H3. The summed E-state index contributed by atoms with van der Waals surface area (Å²) in [6.07, 6.45) is -1.81. The van der Waals surface area contributed by atoms with Crippen molar-refractivity contribution in [3.05, 3.63) is 0 Å². The Morgan fingerprint density at radius 2 is 0.591 bits per heavy atom. The quantitative estimate of drug-likeness (QED) is 0.247. The Kier molecular flexibility index (Phi) is 11.1. The zero-order chi connectivity index (χ0) is 36.4. The van der Waals surface area contributed by atoms with Gasteiger partial charge in [0.05, 0.1) is 37.0 Å². The Morgan fingerprint density at radius 3 is 0.750 bits per heavy atom. The average Bonchev–Trinajstić information content (AvgIpc) is 3.34. The minimum absolute atomic E-state index is 0.414. The highest BCUT2D eigenvalue weighted by molar-refractivity contribution is 8.24. The minimum atomic E-state index is -1.89. The third-order valence-corrected chi connectivity index (χ3v) is 168. The van der Waals surface area contributed by atoms with Crippen LogP contribution in [0.15, 0.2) is 0 Å². The van der Waals surface area contributed by atoms with Gasteiger partial charge in [0.2, 0.25) is 0 Å². The summed E-state index contributed by atoms with van der Waals surface area (Å²) in [6, 6.07) is 0. The molecule has 0 saturated carbocycles. The lowest BCUT2D eigenvalue weighted by molar-refractivity contribution is 0.618. The normalized spacial score (nSPS) is 19.1. The second-order valence-electron chi connectivity index (χ2n) is 24.5. The zero-order valence-corrected chi connectivity index (χ0v) is 43.2. The molecule has 0 N–H and O–H groups in total. The van der Waals surface area contributed by atoms with E-state index in [9.17, 15) is 0 Å². The van der Waals surface area contributed by atoms with Crippen molar-refractivity contribution in [2.45, 2.75) is 238 Å². The highest BCUT2D eigenvalue weighted by atomic mass is 30.4. The van der Waals surface area contributed by atoms with Crippen molar-refractivity contribution in [1.82, 2.24) is 0 Å². The van der Waals surface area contributed by atoms with Crippen LogP contribution >= 0.6 is 0 Å². The number of rotatable bonds is 5. The first kappa shape index (κ1) is 43.5. The summed E-state index contributed by atoms with van der Waals surface area (Å²) in [5, 5.41) is 3.36. The van der Waals surface area contributed by atoms with Crippen LogP contribution in [-0.4, -0.2) is 51.3 Å². The molecule has 0 bridgehead atoms. The lowest BCUT2D eigenvalue weighted by Crippen LogP contribution is -2.86. The molecule has 1 rings (SSSR count). The van der Waals surface area contributed by atoms with E-state index >= 15 is 0 Å². The second kappa shape index (κ2) is 11.3. The molecule has 0 spiro atoms. The maximum atomic E-state index is 3.09. The Hall–Kier alpha value is 1.52. The molecule has 0 fully saturated rings. The molecule has 0 aromatic heterocycles. The summed E-state index contributed by atoms with van der Waals surface area (Å²) < 4.78 is 0. The largest absolute Gasteiger partial charge is 0.0705 e. The third-order valence-electron chi connectivity index (χ3n) is 15.9. The Morgan fingerprint density at radius 1 is 0.364 bits per heavy atom. The van der Waals surface area contributed by atoms with Gasteiger partial charge >= 0.3 is 0 Å². The summed E-state index contributed by atoms with van der Waals surface area (Å²) in [6.45, 7) is 77.3. The van der Waals surface area contributed by atoms with Crippen molar-refractivity contribution < 1.29 is 0 Å². The fourth-order valence-corrected chi connectivity index (χ4v) is 308. The fourth-order valence-electron chi connectivity index (χ4n) is 11.2. The van der Waals surface area contributed by atoms with Crippen LogP contribution in [0.4, 0.5) is 0 Å². The number of hydrogen-bond donors (Lipinski definition) is 0. The smallest absolute Gasteiger partial charge is 0.0635 e. The molecule has 44 heavy (non-hydrogen) atoms. The van der Waals surface area contributed by atoms with E-state index in [0.717, 1.165) is 0 Å². The van der Waals surface area contributed by atoms with Crippen molar-refractivity contribution in [3.8, 4) is 0 Å². The SMILES string of the molecule is CC(C)(C)[Si](C)(C[Si]1=[Si]([Si](C)(C(C)(C)C)C(C)(C)C)[Si]1([Si](C)(C(C)(C)C)C(C)(C)C)[Si](C)(C(C)(C)C)C(C)(C)C)C(C)(C)C. The Balaban J connectivity index is 5.04. The van der Waals surface area contributed by atoms with E-state index < -0.39 is 51.3 Å². The van der Waals surface area contributed by atoms with Crippen LogP contribution < -0.4 is 0 Å². The van der Waals surface area contributed by atoms with Gasteiger partial charge in [0.15, 0.2) is 0 Å². The van der Waals surface area contributed by atoms with Gasteiger partial charge in [-0.3, -0.25) is 0 Å². The molecule has 0 aromatic rings. The number of hydrogen-bond acceptors (Lipinski definition) is 0. The van der Waals surface area contributed by atoms with E-state index in [-0.39, 0.29) is 0 Å². The van der Waals surface area contributed by atoms with Crippen LogP contribution in [0.1, 0.15) is 166 Å². The van der Waals surface area contributed by atoms with Crippen LogP contribution in [0.25, 0.3) is 0 Å². The third kappa shape index (κ3) is 5.79. The molecule has 0 saturated heterocycles. The molecule has 1 aliphatic heterocycles. The van der Waals surface area contributed by atoms with Gasteiger partial charge in [-0.2, -0.15) is 0 Å². The van der Waals surface area contributed by atoms with E-state index in [1.807, 2.05) is 0 Å². The highest BCUT2D eigenvalue weighted by Gasteiger charge is 2.85. The highest BCUT2D eigenvalue weighted by Crippen LogP contribution is 2.71. The topological polar surface area (TPSA) is 0 Å². The van der Waals surface area contributed by atoms with Gasteiger partial charge in [-0.25, -0.2) is 0 Å². The summed E-state index contributed by atoms with van der Waals surface area (Å²) in [7, 11) is -7.77. The predicted octanol–water partition coefficient (Wildman–Crippen LogP) is 14.2. The molecule has 0 atom stereocenters. The maximum absolute atomic E-state index is 3.09. The Labute approximate surface area is 288 Å². The van der Waals surface area contributed by atoms with Crippen molar-refractivity contribution in [2.75, 3.05) is 0 Å². The van der Waals surface area contributed by atoms with Crippen molar-refractivity contribution in [3.63, 3.8) is 0 Å². The maximum Gasteiger partial charge on any atom is 0.0635 e. The molecule has 0 aliphatic carbocycles. The van der Waals surface area contributed by atoms with Gasteiger partial charge in [-0.05, 0) is 54.6 Å². The molecule has 0 unspecified atom stereocenters. The summed E-state index contributed by atoms with van der Waals surface area (Å²) in [4.78, 5) is 0. The van der Waals surface area contributed by atoms with Crippen LogP contribution in [0, 0.1) is 0 Å². The van der Waals surface area contributed by atoms with Crippen LogP contribution in [0.3, 0.4) is 0 Å². The van der Waals surface area contributed by atoms with E-state index in [4.69, 9.17) is 0 Å². The first-order chi connectivity index (χ1) is 18.5. The summed E-state index contributed by atoms with van der Waals surface area (Å²) >= 11 is 0. The van der Waals surface area contributed by atoms with E-state index in [1.165, 1.54) is 0 Å². The molecular weight excluding hydrogens is 641 g/mol. The lowest BCUT2D eigenvalue weighted by Gasteiger charge is -2.68. The molecule has 0 nitrogen and oxygen atoms in total. The first-order valence-electron chi connectivity index (χ1n) is 18.2. The average molecular weight is 728 g/mol. The van der Waals surface area contributed by atoms with Gasteiger partial charge in [-0.15, -0.1) is 0 Å². The van der Waals surface area contributed by atoms with Crippen molar-refractivity contribution in [2.24, 2.45) is 0 Å². The van der Waals surface area contributed by atoms with Crippen molar-refractivity contribution in [1.29, 1.82) is 0 Å². The van der Waals surface area contributed by atoms with Gasteiger partial charge in [0.1, 0.15) is 0 Å². The summed E-state index contributed by atoms with van der Waals surface area (Å²) in [5.41, 5.74) is 1.71. The van der Waals surface area contributed by atoms with E-state index in [2.05, 4.69) is 192 Å². The molecule has 7 heteroatoms. The molecule has 0 aromatic carbocycles. The van der Waals surface area contributed by atoms with Crippen LogP contribution in [0.5, 0.6) is 0 Å². The minimum Gasteiger partial charge on any atom is -0.0705 e. The molecule has 0 amide bonds. The zero-order valence-electron chi connectivity index (χ0n) is 36.2. The molecular formula is C37H86Si7. The van der Waals surface area contributed by atoms with Crippen LogP contribution in [-0.2, 0) is 0 Å². The Bertz CT molecular complexity index is 1010. The van der Waals surface area contributed by atoms with Gasteiger partial charge in [0, 0.05) is 0 Å². The molecule has 1 aliphatic rings. The van der Waals surface area contributed by atoms with Crippen LogP contribution in [0.2, 0.25) is 72.2 Å². The predicted molar refractivity (Wildman–Crippen MR) is 226 cm³/mol. The summed E-state index contributed by atoms with van der Waals surface area (Å²) in [5.74, 6) is 0. The first-order valence-corrected chi connectivity index (χ1v) is 39.6. The lowest BCUT2D eigenvalue weighted by atomic mass is 10.2. The molecule has 0 radical (unpaired) electrons. The molecule has 1 heterocycles. The monoisotopic (exact) mass is 727 g/mol. The van der Waals surface area contributed by atoms with E-state index in [0.29, 0.717) is 40.3 Å². The van der Waals surface area contributed by atoms with E-state index in [1.54, 1.807) is 5.67 Å². The second-order valence-corrected chi connectivity index (χ2v) is 91.6. The van der Waals surface area contributed by atoms with Gasteiger partial charge < -0.3 is 0 Å². The van der Waals surface area contributed by atoms with Gasteiger partial charge in [-0.1, -0.05) is 198 Å². The fraction of sp³-hybridized carbons (Fsp3) is 1.00.